The Morgan fingerprint density at radius 1 is 1.18 bits per heavy atom. The first-order valence-corrected chi connectivity index (χ1v) is 4.67. The Kier molecular flexibility index (Phi) is 4.69. The lowest BCUT2D eigenvalue weighted by Gasteiger charge is -2.31. The van der Waals surface area contributed by atoms with E-state index in [9.17, 15) is 5.21 Å². The van der Waals surface area contributed by atoms with Gasteiger partial charge < -0.3 is 0 Å². The van der Waals surface area contributed by atoms with Gasteiger partial charge >= 0.3 is 0 Å². The summed E-state index contributed by atoms with van der Waals surface area (Å²) in [6, 6.07) is 0. The molecule has 2 nitrogen and oxygen atoms in total. The van der Waals surface area contributed by atoms with E-state index >= 15 is 0 Å². The van der Waals surface area contributed by atoms with Gasteiger partial charge in [-0.3, -0.25) is 0 Å². The second-order valence-corrected chi connectivity index (χ2v) is 3.47. The molecule has 0 bridgehead atoms. The predicted octanol–water partition coefficient (Wildman–Crippen LogP) is 2.28. The number of hydroxylamine groups is 3. The fourth-order valence-corrected chi connectivity index (χ4v) is 1.25. The van der Waals surface area contributed by atoms with Crippen LogP contribution in [0.15, 0.2) is 0 Å². The number of hydrogen-bond acceptors (Lipinski definition) is 1. The molecule has 0 amide bonds. The molecule has 0 aromatic carbocycles. The van der Waals surface area contributed by atoms with Crippen molar-refractivity contribution in [3.63, 3.8) is 0 Å². The third-order valence-electron chi connectivity index (χ3n) is 2.21. The number of quaternary nitrogens is 1. The van der Waals surface area contributed by atoms with Gasteiger partial charge in [-0.1, -0.05) is 20.8 Å². The topological polar surface area (TPSA) is 20.2 Å². The van der Waals surface area contributed by atoms with Crippen molar-refractivity contribution in [3.05, 3.63) is 0 Å². The van der Waals surface area contributed by atoms with Gasteiger partial charge in [0.15, 0.2) is 0 Å². The van der Waals surface area contributed by atoms with Crippen molar-refractivity contribution in [2.45, 2.75) is 33.6 Å². The SMILES string of the molecule is CC.CC1CC[N+](C)(O)CC1. The molecule has 0 spiro atoms. The Hall–Kier alpha value is -0.0800. The summed E-state index contributed by atoms with van der Waals surface area (Å²) in [5.41, 5.74) is 0. The molecule has 68 valence electrons. The molecule has 0 saturated carbocycles. The van der Waals surface area contributed by atoms with Crippen LogP contribution in [-0.4, -0.2) is 30.0 Å². The monoisotopic (exact) mass is 160 g/mol. The molecule has 1 fully saturated rings. The molecule has 11 heavy (non-hydrogen) atoms. The first-order chi connectivity index (χ1) is 5.10. The third-order valence-corrected chi connectivity index (χ3v) is 2.21. The number of hydrogen-bond donors (Lipinski definition) is 1. The van der Waals surface area contributed by atoms with E-state index in [1.807, 2.05) is 20.9 Å². The van der Waals surface area contributed by atoms with Crippen LogP contribution in [-0.2, 0) is 0 Å². The average Bonchev–Trinajstić information content (AvgIpc) is 2.00. The minimum Gasteiger partial charge on any atom is -0.217 e. The van der Waals surface area contributed by atoms with E-state index in [0.29, 0.717) is 0 Å². The Labute approximate surface area is 70.4 Å². The van der Waals surface area contributed by atoms with Crippen LogP contribution in [0.4, 0.5) is 0 Å². The van der Waals surface area contributed by atoms with Crippen LogP contribution in [0.1, 0.15) is 33.6 Å². The van der Waals surface area contributed by atoms with Crippen LogP contribution < -0.4 is 0 Å². The lowest BCUT2D eigenvalue weighted by Crippen LogP contribution is -2.46. The molecule has 0 atom stereocenters. The molecule has 0 unspecified atom stereocenters. The second-order valence-electron chi connectivity index (χ2n) is 3.47. The zero-order chi connectivity index (χ0) is 8.91. The summed E-state index contributed by atoms with van der Waals surface area (Å²) >= 11 is 0. The minimum absolute atomic E-state index is 0.240. The maximum atomic E-state index is 9.43. The maximum absolute atomic E-state index is 9.43. The van der Waals surface area contributed by atoms with Crippen molar-refractivity contribution >= 4 is 0 Å². The summed E-state index contributed by atoms with van der Waals surface area (Å²) in [4.78, 5) is 0. The van der Waals surface area contributed by atoms with Gasteiger partial charge in [0.25, 0.3) is 0 Å². The molecule has 1 aliphatic rings. The molecule has 1 rings (SSSR count). The quantitative estimate of drug-likeness (QED) is 0.539. The minimum atomic E-state index is 0.240. The van der Waals surface area contributed by atoms with E-state index in [1.54, 1.807) is 0 Å². The molecular weight excluding hydrogens is 138 g/mol. The van der Waals surface area contributed by atoms with Crippen molar-refractivity contribution in [2.24, 2.45) is 5.92 Å². The molecule has 1 heterocycles. The van der Waals surface area contributed by atoms with Gasteiger partial charge in [-0.15, -0.1) is 0 Å². The summed E-state index contributed by atoms with van der Waals surface area (Å²) in [5, 5.41) is 9.43. The highest BCUT2D eigenvalue weighted by atomic mass is 16.5. The van der Waals surface area contributed by atoms with Gasteiger partial charge in [0.1, 0.15) is 13.1 Å². The molecule has 0 aliphatic carbocycles. The normalized spacial score (nSPS) is 37.4. The lowest BCUT2D eigenvalue weighted by molar-refractivity contribution is -1.09. The van der Waals surface area contributed by atoms with Gasteiger partial charge in [-0.25, -0.2) is 5.21 Å². The molecule has 0 aromatic rings. The van der Waals surface area contributed by atoms with E-state index in [2.05, 4.69) is 6.92 Å². The van der Waals surface area contributed by atoms with Crippen LogP contribution in [0.2, 0.25) is 0 Å². The van der Waals surface area contributed by atoms with E-state index < -0.39 is 0 Å². The second kappa shape index (κ2) is 4.73. The molecule has 1 saturated heterocycles. The molecule has 1 aliphatic heterocycles. The Bertz CT molecular complexity index is 91.7. The maximum Gasteiger partial charge on any atom is 0.109 e. The number of rotatable bonds is 0. The fraction of sp³-hybridized carbons (Fsp3) is 1.00. The van der Waals surface area contributed by atoms with Crippen LogP contribution in [0.25, 0.3) is 0 Å². The first kappa shape index (κ1) is 10.9. The van der Waals surface area contributed by atoms with E-state index in [0.717, 1.165) is 19.0 Å². The Morgan fingerprint density at radius 2 is 1.55 bits per heavy atom. The van der Waals surface area contributed by atoms with Crippen LogP contribution in [0, 0.1) is 5.92 Å². The number of nitrogens with zero attached hydrogens (tertiary/aromatic N) is 1. The first-order valence-electron chi connectivity index (χ1n) is 4.67. The average molecular weight is 160 g/mol. The van der Waals surface area contributed by atoms with E-state index in [-0.39, 0.29) is 4.65 Å². The molecule has 0 radical (unpaired) electrons. The largest absolute Gasteiger partial charge is 0.217 e. The third kappa shape index (κ3) is 4.38. The van der Waals surface area contributed by atoms with Gasteiger partial charge in [0.2, 0.25) is 0 Å². The van der Waals surface area contributed by atoms with E-state index in [4.69, 9.17) is 0 Å². The summed E-state index contributed by atoms with van der Waals surface area (Å²) < 4.78 is 0.240. The molecule has 2 heteroatoms. The zero-order valence-corrected chi connectivity index (χ0v) is 8.30. The van der Waals surface area contributed by atoms with Crippen molar-refractivity contribution in [3.8, 4) is 0 Å². The Morgan fingerprint density at radius 3 is 1.82 bits per heavy atom. The van der Waals surface area contributed by atoms with Gasteiger partial charge in [-0.05, 0) is 5.92 Å². The summed E-state index contributed by atoms with van der Waals surface area (Å²) in [7, 11) is 1.88. The summed E-state index contributed by atoms with van der Waals surface area (Å²) in [6.45, 7) is 8.11. The van der Waals surface area contributed by atoms with Gasteiger partial charge in [0, 0.05) is 12.8 Å². The standard InChI is InChI=1S/C7H16NO.C2H6/c1-7-3-5-8(2,9)6-4-7;1-2/h7,9H,3-6H2,1-2H3;1-2H3/q+1;. The van der Waals surface area contributed by atoms with Crippen molar-refractivity contribution in [1.29, 1.82) is 0 Å². The van der Waals surface area contributed by atoms with Gasteiger partial charge in [0.05, 0.1) is 7.05 Å². The van der Waals surface area contributed by atoms with Crippen molar-refractivity contribution in [1.82, 2.24) is 0 Å². The Balaban J connectivity index is 0.000000461. The molecule has 1 N–H and O–H groups in total. The van der Waals surface area contributed by atoms with Crippen molar-refractivity contribution < 1.29 is 9.85 Å². The fourth-order valence-electron chi connectivity index (χ4n) is 1.25. The predicted molar refractivity (Wildman–Crippen MR) is 47.5 cm³/mol. The number of piperidine rings is 1. The smallest absolute Gasteiger partial charge is 0.109 e. The van der Waals surface area contributed by atoms with Crippen LogP contribution in [0.5, 0.6) is 0 Å². The van der Waals surface area contributed by atoms with Crippen LogP contribution in [0.3, 0.4) is 0 Å². The lowest BCUT2D eigenvalue weighted by atomic mass is 9.99. The highest BCUT2D eigenvalue weighted by Crippen LogP contribution is 2.18. The van der Waals surface area contributed by atoms with E-state index in [1.165, 1.54) is 12.8 Å². The summed E-state index contributed by atoms with van der Waals surface area (Å²) in [6.07, 6.45) is 2.35. The van der Waals surface area contributed by atoms with Crippen molar-refractivity contribution in [2.75, 3.05) is 20.1 Å². The van der Waals surface area contributed by atoms with Crippen LogP contribution >= 0.6 is 0 Å². The molecular formula is C9H22NO+. The highest BCUT2D eigenvalue weighted by Gasteiger charge is 2.25. The summed E-state index contributed by atoms with van der Waals surface area (Å²) in [5.74, 6) is 0.823. The van der Waals surface area contributed by atoms with Gasteiger partial charge in [-0.2, -0.15) is 4.65 Å². The molecule has 0 aromatic heterocycles. The number of likely N-dealkylation sites (tertiary alicyclic amines) is 1. The zero-order valence-electron chi connectivity index (χ0n) is 8.30. The highest BCUT2D eigenvalue weighted by molar-refractivity contribution is 4.55.